The largest absolute Gasteiger partial charge is 0.478 e. The molecule has 1 atom stereocenters. The summed E-state index contributed by atoms with van der Waals surface area (Å²) >= 11 is 0. The normalized spacial score (nSPS) is 12.7. The van der Waals surface area contributed by atoms with Gasteiger partial charge in [0.05, 0.1) is 5.57 Å². The second-order valence-electron chi connectivity index (χ2n) is 1.58. The van der Waals surface area contributed by atoms with E-state index in [1.807, 2.05) is 0 Å². The molecule has 4 nitrogen and oxygen atoms in total. The maximum atomic E-state index is 10.0. The van der Waals surface area contributed by atoms with Crippen LogP contribution in [0.4, 0.5) is 0 Å². The summed E-state index contributed by atoms with van der Waals surface area (Å²) in [6.45, 7) is 4.53. The quantitative estimate of drug-likeness (QED) is 0.333. The van der Waals surface area contributed by atoms with Crippen molar-refractivity contribution >= 4 is 5.97 Å². The molecule has 2 N–H and O–H groups in total. The Morgan fingerprint density at radius 1 is 1.78 bits per heavy atom. The van der Waals surface area contributed by atoms with E-state index in [9.17, 15) is 4.79 Å². The lowest BCUT2D eigenvalue weighted by Gasteiger charge is -2.04. The van der Waals surface area contributed by atoms with Crippen molar-refractivity contribution in [3.8, 4) is 0 Å². The zero-order valence-corrected chi connectivity index (χ0v) is 5.00. The third-order valence-electron chi connectivity index (χ3n) is 0.924. The van der Waals surface area contributed by atoms with Crippen molar-refractivity contribution in [1.29, 1.82) is 0 Å². The molecule has 52 valence electrons. The number of hydrogen-bond acceptors (Lipinski definition) is 3. The van der Waals surface area contributed by atoms with Crippen molar-refractivity contribution in [2.75, 3.05) is 0 Å². The average molecular weight is 132 g/mol. The average Bonchev–Trinajstić information content (AvgIpc) is 1.84. The zero-order valence-electron chi connectivity index (χ0n) is 5.00. The van der Waals surface area contributed by atoms with Crippen LogP contribution in [0, 0.1) is 0 Å². The molecule has 0 aliphatic rings. The summed E-state index contributed by atoms with van der Waals surface area (Å²) in [5.74, 6) is -1.17. The van der Waals surface area contributed by atoms with Gasteiger partial charge in [0.1, 0.15) is 6.10 Å². The minimum absolute atomic E-state index is 0.169. The van der Waals surface area contributed by atoms with Crippen LogP contribution in [0.2, 0.25) is 0 Å². The Balaban J connectivity index is 3.88. The number of hydrogen-bond donors (Lipinski definition) is 2. The molecule has 0 saturated carbocycles. The second-order valence-corrected chi connectivity index (χ2v) is 1.58. The molecule has 0 radical (unpaired) electrons. The topological polar surface area (TPSA) is 66.8 Å². The van der Waals surface area contributed by atoms with E-state index in [0.717, 1.165) is 0 Å². The molecule has 0 aliphatic heterocycles. The smallest absolute Gasteiger partial charge is 0.333 e. The van der Waals surface area contributed by atoms with E-state index in [1.54, 1.807) is 0 Å². The van der Waals surface area contributed by atoms with Crippen LogP contribution in [0.5, 0.6) is 0 Å². The number of aliphatic carboxylic acids is 1. The summed E-state index contributed by atoms with van der Waals surface area (Å²) in [7, 11) is 0. The lowest BCUT2D eigenvalue weighted by atomic mass is 10.2. The van der Waals surface area contributed by atoms with E-state index in [2.05, 4.69) is 11.5 Å². The van der Waals surface area contributed by atoms with Crippen molar-refractivity contribution < 1.29 is 20.0 Å². The highest BCUT2D eigenvalue weighted by Gasteiger charge is 2.12. The molecule has 0 aromatic rings. The monoisotopic (exact) mass is 132 g/mol. The van der Waals surface area contributed by atoms with Crippen molar-refractivity contribution in [2.45, 2.75) is 13.0 Å². The van der Waals surface area contributed by atoms with Crippen LogP contribution in [-0.4, -0.2) is 22.4 Å². The molecular formula is C5H8O4. The molecule has 9 heavy (non-hydrogen) atoms. The van der Waals surface area contributed by atoms with E-state index in [0.29, 0.717) is 0 Å². The molecule has 0 amide bonds. The van der Waals surface area contributed by atoms with Crippen LogP contribution < -0.4 is 0 Å². The van der Waals surface area contributed by atoms with Crippen molar-refractivity contribution in [3.63, 3.8) is 0 Å². The first-order valence-electron chi connectivity index (χ1n) is 2.32. The molecule has 0 aromatic carbocycles. The standard InChI is InChI=1S/C5H8O4/c1-3(5(6)7)4(2)9-8/h4,8H,1H2,2H3,(H,6,7). The van der Waals surface area contributed by atoms with Gasteiger partial charge < -0.3 is 5.11 Å². The SMILES string of the molecule is C=C(C(=O)O)C(C)OO. The summed E-state index contributed by atoms with van der Waals surface area (Å²) in [6.07, 6.45) is -0.845. The predicted octanol–water partition coefficient (Wildman–Crippen LogP) is 0.505. The summed E-state index contributed by atoms with van der Waals surface area (Å²) in [6, 6.07) is 0. The third kappa shape index (κ3) is 2.25. The molecule has 0 rings (SSSR count). The van der Waals surface area contributed by atoms with Crippen molar-refractivity contribution in [3.05, 3.63) is 12.2 Å². The Morgan fingerprint density at radius 2 is 2.22 bits per heavy atom. The molecule has 0 aromatic heterocycles. The number of carboxylic acid groups (broad SMARTS) is 1. The highest BCUT2D eigenvalue weighted by molar-refractivity contribution is 5.86. The Bertz CT molecular complexity index is 129. The maximum Gasteiger partial charge on any atom is 0.333 e. The van der Waals surface area contributed by atoms with Gasteiger partial charge in [-0.3, -0.25) is 5.26 Å². The lowest BCUT2D eigenvalue weighted by molar-refractivity contribution is -0.264. The van der Waals surface area contributed by atoms with Crippen LogP contribution in [0.15, 0.2) is 12.2 Å². The zero-order chi connectivity index (χ0) is 7.44. The molecule has 1 unspecified atom stereocenters. The van der Waals surface area contributed by atoms with Gasteiger partial charge in [-0.2, -0.15) is 0 Å². The minimum atomic E-state index is -1.17. The number of carbonyl (C=O) groups is 1. The van der Waals surface area contributed by atoms with Crippen LogP contribution in [0.1, 0.15) is 6.92 Å². The van der Waals surface area contributed by atoms with Gasteiger partial charge in [-0.15, -0.1) is 0 Å². The maximum absolute atomic E-state index is 10.0. The molecule has 0 aliphatic carbocycles. The van der Waals surface area contributed by atoms with Gasteiger partial charge in [-0.25, -0.2) is 9.68 Å². The van der Waals surface area contributed by atoms with Crippen LogP contribution in [0.3, 0.4) is 0 Å². The Morgan fingerprint density at radius 3 is 2.33 bits per heavy atom. The first-order chi connectivity index (χ1) is 4.09. The molecule has 0 heterocycles. The first-order valence-corrected chi connectivity index (χ1v) is 2.32. The number of carboxylic acids is 1. The van der Waals surface area contributed by atoms with Crippen LogP contribution in [-0.2, 0) is 9.68 Å². The van der Waals surface area contributed by atoms with Gasteiger partial charge in [0.2, 0.25) is 0 Å². The summed E-state index contributed by atoms with van der Waals surface area (Å²) in [4.78, 5) is 13.7. The van der Waals surface area contributed by atoms with Crippen molar-refractivity contribution in [2.24, 2.45) is 0 Å². The van der Waals surface area contributed by atoms with Gasteiger partial charge in [0.15, 0.2) is 0 Å². The Hall–Kier alpha value is -0.870. The minimum Gasteiger partial charge on any atom is -0.478 e. The highest BCUT2D eigenvalue weighted by Crippen LogP contribution is 2.00. The number of rotatable bonds is 3. The van der Waals surface area contributed by atoms with Gasteiger partial charge in [0, 0.05) is 0 Å². The van der Waals surface area contributed by atoms with E-state index in [1.165, 1.54) is 6.92 Å². The molecule has 0 bridgehead atoms. The van der Waals surface area contributed by atoms with Gasteiger partial charge in [-0.1, -0.05) is 6.58 Å². The summed E-state index contributed by atoms with van der Waals surface area (Å²) < 4.78 is 0. The second kappa shape index (κ2) is 3.21. The van der Waals surface area contributed by atoms with Crippen molar-refractivity contribution in [1.82, 2.24) is 0 Å². The molecular weight excluding hydrogens is 124 g/mol. The Labute approximate surface area is 52.3 Å². The highest BCUT2D eigenvalue weighted by atomic mass is 17.1. The van der Waals surface area contributed by atoms with E-state index < -0.39 is 12.1 Å². The van der Waals surface area contributed by atoms with Crippen LogP contribution >= 0.6 is 0 Å². The molecule has 0 spiro atoms. The van der Waals surface area contributed by atoms with Crippen LogP contribution in [0.25, 0.3) is 0 Å². The predicted molar refractivity (Wildman–Crippen MR) is 30.0 cm³/mol. The summed E-state index contributed by atoms with van der Waals surface area (Å²) in [5.41, 5.74) is -0.169. The molecule has 0 saturated heterocycles. The molecule has 0 fully saturated rings. The Kier molecular flexibility index (Phi) is 2.90. The summed E-state index contributed by atoms with van der Waals surface area (Å²) in [5, 5.41) is 16.1. The molecule has 4 heteroatoms. The fraction of sp³-hybridized carbons (Fsp3) is 0.400. The first kappa shape index (κ1) is 8.13. The third-order valence-corrected chi connectivity index (χ3v) is 0.924. The van der Waals surface area contributed by atoms with E-state index in [-0.39, 0.29) is 5.57 Å². The van der Waals surface area contributed by atoms with Gasteiger partial charge >= 0.3 is 5.97 Å². The lowest BCUT2D eigenvalue weighted by Crippen LogP contribution is -2.15. The fourth-order valence-electron chi connectivity index (χ4n) is 0.238. The van der Waals surface area contributed by atoms with E-state index >= 15 is 0 Å². The van der Waals surface area contributed by atoms with E-state index in [4.69, 9.17) is 10.4 Å². The fourth-order valence-corrected chi connectivity index (χ4v) is 0.238. The van der Waals surface area contributed by atoms with Gasteiger partial charge in [-0.05, 0) is 6.92 Å². The van der Waals surface area contributed by atoms with Gasteiger partial charge in [0.25, 0.3) is 0 Å².